The second kappa shape index (κ2) is 7.48. The zero-order valence-electron chi connectivity index (χ0n) is 16.4. The Kier molecular flexibility index (Phi) is 4.63. The Morgan fingerprint density at radius 3 is 2.65 bits per heavy atom. The van der Waals surface area contributed by atoms with E-state index in [1.807, 2.05) is 11.4 Å². The number of likely N-dealkylation sites (N-methyl/N-ethyl adjacent to an activating group) is 1. The van der Waals surface area contributed by atoms with Crippen LogP contribution in [-0.2, 0) is 4.79 Å². The number of carbonyl (C=O) groups is 2. The second-order valence-corrected chi connectivity index (χ2v) is 8.08. The number of aromatic amines is 1. The minimum atomic E-state index is -1.21. The third-order valence-corrected chi connectivity index (χ3v) is 6.09. The largest absolute Gasteiger partial charge is 0.350 e. The number of para-hydroxylation sites is 1. The van der Waals surface area contributed by atoms with Gasteiger partial charge in [-0.2, -0.15) is 0 Å². The summed E-state index contributed by atoms with van der Waals surface area (Å²) in [6.07, 6.45) is -1.21. The van der Waals surface area contributed by atoms with Crippen molar-refractivity contribution >= 4 is 44.8 Å². The number of hydrogen-bond donors (Lipinski definition) is 2. The van der Waals surface area contributed by atoms with Crippen LogP contribution in [0.5, 0.6) is 0 Å². The summed E-state index contributed by atoms with van der Waals surface area (Å²) < 4.78 is 15.6. The maximum Gasteiger partial charge on any atom is 0.272 e. The first-order chi connectivity index (χ1) is 15.0. The molecule has 1 unspecified atom stereocenters. The number of aliphatic imine (C=N–C) groups is 1. The van der Waals surface area contributed by atoms with E-state index in [4.69, 9.17) is 0 Å². The number of H-pyrrole nitrogens is 1. The zero-order chi connectivity index (χ0) is 21.5. The van der Waals surface area contributed by atoms with Crippen LogP contribution in [0.2, 0.25) is 0 Å². The lowest BCUT2D eigenvalue weighted by molar-refractivity contribution is -0.119. The Morgan fingerprint density at radius 2 is 1.87 bits per heavy atom. The van der Waals surface area contributed by atoms with Crippen LogP contribution in [0.25, 0.3) is 10.2 Å². The van der Waals surface area contributed by atoms with Gasteiger partial charge >= 0.3 is 0 Å². The van der Waals surface area contributed by atoms with Gasteiger partial charge in [0.25, 0.3) is 11.8 Å². The summed E-state index contributed by atoms with van der Waals surface area (Å²) in [7, 11) is 1.62. The quantitative estimate of drug-likeness (QED) is 0.515. The molecular weight excluding hydrogens is 415 g/mol. The number of benzene rings is 2. The average Bonchev–Trinajstić information content (AvgIpc) is 3.36. The molecule has 5 rings (SSSR count). The van der Waals surface area contributed by atoms with Crippen molar-refractivity contribution < 1.29 is 14.0 Å². The van der Waals surface area contributed by atoms with Crippen LogP contribution in [0.1, 0.15) is 21.6 Å². The molecule has 0 bridgehead atoms. The predicted octanol–water partition coefficient (Wildman–Crippen LogP) is 3.94. The van der Waals surface area contributed by atoms with E-state index in [0.717, 1.165) is 10.2 Å². The maximum absolute atomic E-state index is 14.7. The number of nitrogens with zero attached hydrogens (tertiary/aromatic N) is 2. The minimum absolute atomic E-state index is 0.262. The van der Waals surface area contributed by atoms with Gasteiger partial charge in [0.1, 0.15) is 11.5 Å². The smallest absolute Gasteiger partial charge is 0.272 e. The number of aromatic nitrogens is 1. The van der Waals surface area contributed by atoms with E-state index in [9.17, 15) is 14.0 Å². The van der Waals surface area contributed by atoms with Crippen LogP contribution in [0.4, 0.5) is 10.1 Å². The molecule has 0 spiro atoms. The monoisotopic (exact) mass is 432 g/mol. The first-order valence-corrected chi connectivity index (χ1v) is 10.5. The number of anilines is 1. The highest BCUT2D eigenvalue weighted by Gasteiger charge is 2.32. The fourth-order valence-corrected chi connectivity index (χ4v) is 4.44. The SMILES string of the molecule is CN1C(=O)C(NC(=O)c2cc3sccc3[nH]2)N=C(c2ccccc2F)c2ccccc21. The number of benzodiazepines with no additional fused rings is 1. The van der Waals surface area contributed by atoms with E-state index in [0.29, 0.717) is 22.7 Å². The molecule has 2 amide bonds. The Labute approximate surface area is 181 Å². The van der Waals surface area contributed by atoms with Gasteiger partial charge in [0.2, 0.25) is 6.17 Å². The van der Waals surface area contributed by atoms with E-state index in [-0.39, 0.29) is 5.56 Å². The Morgan fingerprint density at radius 1 is 1.13 bits per heavy atom. The van der Waals surface area contributed by atoms with E-state index in [1.54, 1.807) is 55.6 Å². The number of thiophene rings is 1. The molecule has 0 radical (unpaired) electrons. The highest BCUT2D eigenvalue weighted by molar-refractivity contribution is 7.17. The van der Waals surface area contributed by atoms with Crippen molar-refractivity contribution in [1.82, 2.24) is 10.3 Å². The summed E-state index contributed by atoms with van der Waals surface area (Å²) in [6.45, 7) is 0. The zero-order valence-corrected chi connectivity index (χ0v) is 17.2. The van der Waals surface area contributed by atoms with E-state index >= 15 is 0 Å². The number of rotatable bonds is 3. The predicted molar refractivity (Wildman–Crippen MR) is 119 cm³/mol. The van der Waals surface area contributed by atoms with E-state index in [1.165, 1.54) is 22.3 Å². The topological polar surface area (TPSA) is 77.6 Å². The van der Waals surface area contributed by atoms with Crippen LogP contribution in [0.3, 0.4) is 0 Å². The van der Waals surface area contributed by atoms with Crippen LogP contribution < -0.4 is 10.2 Å². The summed E-state index contributed by atoms with van der Waals surface area (Å²) >= 11 is 1.51. The highest BCUT2D eigenvalue weighted by atomic mass is 32.1. The van der Waals surface area contributed by atoms with Crippen molar-refractivity contribution in [3.05, 3.63) is 88.7 Å². The fourth-order valence-electron chi connectivity index (χ4n) is 3.66. The first kappa shape index (κ1) is 19.2. The molecule has 1 atom stereocenters. The summed E-state index contributed by atoms with van der Waals surface area (Å²) in [5.74, 6) is -1.33. The van der Waals surface area contributed by atoms with Crippen molar-refractivity contribution in [2.75, 3.05) is 11.9 Å². The Bertz CT molecular complexity index is 1330. The van der Waals surface area contributed by atoms with Crippen molar-refractivity contribution in [3.63, 3.8) is 0 Å². The molecule has 2 N–H and O–H groups in total. The standard InChI is InChI=1S/C23H17FN4O2S/c1-28-18-9-5-3-7-14(18)20(13-6-2-4-8-15(13)24)26-21(23(28)30)27-22(29)17-12-19-16(25-17)10-11-31-19/h2-12,21,25H,1H3,(H,27,29). The number of nitrogens with one attached hydrogen (secondary N) is 2. The Hall–Kier alpha value is -3.78. The molecule has 0 saturated carbocycles. The van der Waals surface area contributed by atoms with Gasteiger partial charge in [-0.1, -0.05) is 30.3 Å². The molecule has 2 aromatic heterocycles. The highest BCUT2D eigenvalue weighted by Crippen LogP contribution is 2.28. The third kappa shape index (κ3) is 3.30. The van der Waals surface area contributed by atoms with Crippen LogP contribution >= 0.6 is 11.3 Å². The summed E-state index contributed by atoms with van der Waals surface area (Å²) in [5.41, 5.74) is 2.96. The van der Waals surface area contributed by atoms with Crippen molar-refractivity contribution in [3.8, 4) is 0 Å². The van der Waals surface area contributed by atoms with Crippen molar-refractivity contribution in [2.45, 2.75) is 6.17 Å². The lowest BCUT2D eigenvalue weighted by Crippen LogP contribution is -2.46. The van der Waals surface area contributed by atoms with E-state index in [2.05, 4.69) is 15.3 Å². The molecule has 6 nitrogen and oxygen atoms in total. The molecule has 1 aliphatic heterocycles. The molecule has 0 fully saturated rings. The molecule has 1 aliphatic rings. The molecule has 31 heavy (non-hydrogen) atoms. The maximum atomic E-state index is 14.7. The van der Waals surface area contributed by atoms with Gasteiger partial charge in [0, 0.05) is 18.2 Å². The number of halogens is 1. The van der Waals surface area contributed by atoms with Gasteiger partial charge in [-0.05, 0) is 35.7 Å². The third-order valence-electron chi connectivity index (χ3n) is 5.22. The molecule has 3 heterocycles. The second-order valence-electron chi connectivity index (χ2n) is 7.13. The molecule has 0 saturated heterocycles. The van der Waals surface area contributed by atoms with Gasteiger partial charge in [-0.15, -0.1) is 11.3 Å². The molecule has 2 aromatic carbocycles. The average molecular weight is 432 g/mol. The van der Waals surface area contributed by atoms with Crippen LogP contribution in [0.15, 0.2) is 71.0 Å². The first-order valence-electron chi connectivity index (χ1n) is 9.59. The Balaban J connectivity index is 1.59. The van der Waals surface area contributed by atoms with Crippen molar-refractivity contribution in [1.29, 1.82) is 0 Å². The van der Waals surface area contributed by atoms with Gasteiger partial charge in [0.05, 0.1) is 21.6 Å². The van der Waals surface area contributed by atoms with Crippen LogP contribution in [-0.4, -0.2) is 35.7 Å². The number of fused-ring (bicyclic) bond motifs is 2. The normalized spacial score (nSPS) is 16.1. The summed E-state index contributed by atoms with van der Waals surface area (Å²) in [6, 6.07) is 17.0. The molecular formula is C23H17FN4O2S. The number of amides is 2. The minimum Gasteiger partial charge on any atom is -0.350 e. The van der Waals surface area contributed by atoms with Gasteiger partial charge in [0.15, 0.2) is 0 Å². The lowest BCUT2D eigenvalue weighted by Gasteiger charge is -2.20. The van der Waals surface area contributed by atoms with Gasteiger partial charge < -0.3 is 15.2 Å². The summed E-state index contributed by atoms with van der Waals surface area (Å²) in [5, 5.41) is 4.62. The fraction of sp³-hybridized carbons (Fsp3) is 0.0870. The van der Waals surface area contributed by atoms with E-state index < -0.39 is 23.8 Å². The summed E-state index contributed by atoms with van der Waals surface area (Å²) in [4.78, 5) is 35.0. The molecule has 154 valence electrons. The molecule has 0 aliphatic carbocycles. The van der Waals surface area contributed by atoms with Gasteiger partial charge in [-0.3, -0.25) is 9.59 Å². The number of hydrogen-bond acceptors (Lipinski definition) is 4. The number of carbonyl (C=O) groups excluding carboxylic acids is 2. The van der Waals surface area contributed by atoms with Gasteiger partial charge in [-0.25, -0.2) is 9.38 Å². The lowest BCUT2D eigenvalue weighted by atomic mass is 10.00. The van der Waals surface area contributed by atoms with Crippen LogP contribution in [0, 0.1) is 5.82 Å². The molecule has 4 aromatic rings. The van der Waals surface area contributed by atoms with Crippen molar-refractivity contribution in [2.24, 2.45) is 4.99 Å². The molecule has 8 heteroatoms.